The summed E-state index contributed by atoms with van der Waals surface area (Å²) in [5.74, 6) is 0.550. The van der Waals surface area contributed by atoms with Gasteiger partial charge in [-0.25, -0.2) is 13.1 Å². The minimum absolute atomic E-state index is 0.105. The van der Waals surface area contributed by atoms with E-state index in [4.69, 9.17) is 4.42 Å². The number of rotatable bonds is 5. The molecule has 2 N–H and O–H groups in total. The van der Waals surface area contributed by atoms with Crippen LogP contribution < -0.4 is 10.0 Å². The van der Waals surface area contributed by atoms with Gasteiger partial charge in [0.15, 0.2) is 0 Å². The average Bonchev–Trinajstić information content (AvgIpc) is 2.89. The molecular formula is C11H13N3O3S. The van der Waals surface area contributed by atoms with Crippen LogP contribution in [0.3, 0.4) is 0 Å². The van der Waals surface area contributed by atoms with Crippen LogP contribution in [0.15, 0.2) is 46.2 Å². The van der Waals surface area contributed by atoms with Gasteiger partial charge in [0, 0.05) is 19.4 Å². The van der Waals surface area contributed by atoms with Crippen molar-refractivity contribution in [2.45, 2.75) is 11.4 Å². The van der Waals surface area contributed by atoms with Gasteiger partial charge in [0.1, 0.15) is 10.7 Å². The topological polar surface area (TPSA) is 84.2 Å². The van der Waals surface area contributed by atoms with Gasteiger partial charge in [0.05, 0.1) is 18.5 Å². The van der Waals surface area contributed by atoms with Crippen LogP contribution >= 0.6 is 0 Å². The van der Waals surface area contributed by atoms with E-state index in [1.165, 1.54) is 18.7 Å². The Labute approximate surface area is 105 Å². The SMILES string of the molecule is CNc1ccncc1S(=O)(=O)NCc1ccco1. The fraction of sp³-hybridized carbons (Fsp3) is 0.182. The molecule has 0 aromatic carbocycles. The number of pyridine rings is 1. The molecule has 7 heteroatoms. The van der Waals surface area contributed by atoms with Crippen molar-refractivity contribution >= 4 is 15.7 Å². The monoisotopic (exact) mass is 267 g/mol. The smallest absolute Gasteiger partial charge is 0.244 e. The Bertz CT molecular complexity index is 608. The molecule has 0 radical (unpaired) electrons. The number of hydrogen-bond donors (Lipinski definition) is 2. The molecule has 0 unspecified atom stereocenters. The highest BCUT2D eigenvalue weighted by Crippen LogP contribution is 2.18. The fourth-order valence-electron chi connectivity index (χ4n) is 1.46. The minimum atomic E-state index is -3.61. The molecule has 96 valence electrons. The fourth-order valence-corrected chi connectivity index (χ4v) is 2.60. The summed E-state index contributed by atoms with van der Waals surface area (Å²) in [5.41, 5.74) is 0.497. The van der Waals surface area contributed by atoms with Gasteiger partial charge < -0.3 is 9.73 Å². The van der Waals surface area contributed by atoms with Gasteiger partial charge in [0.2, 0.25) is 10.0 Å². The number of sulfonamides is 1. The zero-order valence-corrected chi connectivity index (χ0v) is 10.6. The van der Waals surface area contributed by atoms with E-state index in [2.05, 4.69) is 15.0 Å². The van der Waals surface area contributed by atoms with E-state index in [0.717, 1.165) is 0 Å². The van der Waals surface area contributed by atoms with Crippen molar-refractivity contribution in [3.05, 3.63) is 42.6 Å². The third-order valence-electron chi connectivity index (χ3n) is 2.36. The summed E-state index contributed by atoms with van der Waals surface area (Å²) in [5, 5.41) is 2.81. The van der Waals surface area contributed by atoms with Crippen LogP contribution in [-0.2, 0) is 16.6 Å². The summed E-state index contributed by atoms with van der Waals surface area (Å²) in [7, 11) is -1.96. The predicted molar refractivity (Wildman–Crippen MR) is 66.5 cm³/mol. The highest BCUT2D eigenvalue weighted by atomic mass is 32.2. The number of hydrogen-bond acceptors (Lipinski definition) is 5. The number of nitrogens with one attached hydrogen (secondary N) is 2. The second-order valence-corrected chi connectivity index (χ2v) is 5.26. The molecule has 0 atom stereocenters. The van der Waals surface area contributed by atoms with Crippen LogP contribution in [-0.4, -0.2) is 20.4 Å². The van der Waals surface area contributed by atoms with Crippen LogP contribution in [0.2, 0.25) is 0 Å². The van der Waals surface area contributed by atoms with Crippen molar-refractivity contribution in [2.75, 3.05) is 12.4 Å². The Hall–Kier alpha value is -1.86. The molecule has 0 aliphatic carbocycles. The number of nitrogens with zero attached hydrogens (tertiary/aromatic N) is 1. The maximum atomic E-state index is 12.1. The largest absolute Gasteiger partial charge is 0.468 e. The van der Waals surface area contributed by atoms with Gasteiger partial charge in [-0.3, -0.25) is 4.98 Å². The summed E-state index contributed by atoms with van der Waals surface area (Å²) in [6.45, 7) is 0.105. The first-order valence-corrected chi connectivity index (χ1v) is 6.75. The zero-order valence-electron chi connectivity index (χ0n) is 9.75. The normalized spacial score (nSPS) is 11.4. The van der Waals surface area contributed by atoms with Crippen LogP contribution in [0.5, 0.6) is 0 Å². The van der Waals surface area contributed by atoms with E-state index in [9.17, 15) is 8.42 Å². The molecule has 0 fully saturated rings. The molecule has 0 aliphatic rings. The first kappa shape index (κ1) is 12.6. The van der Waals surface area contributed by atoms with E-state index < -0.39 is 10.0 Å². The van der Waals surface area contributed by atoms with Crippen LogP contribution in [0.1, 0.15) is 5.76 Å². The van der Waals surface area contributed by atoms with Crippen molar-refractivity contribution in [3.63, 3.8) is 0 Å². The second-order valence-electron chi connectivity index (χ2n) is 3.53. The van der Waals surface area contributed by atoms with E-state index >= 15 is 0 Å². The summed E-state index contributed by atoms with van der Waals surface area (Å²) < 4.78 is 31.7. The van der Waals surface area contributed by atoms with E-state index in [1.54, 1.807) is 25.2 Å². The maximum Gasteiger partial charge on any atom is 0.244 e. The Morgan fingerprint density at radius 1 is 1.39 bits per heavy atom. The molecule has 2 heterocycles. The lowest BCUT2D eigenvalue weighted by Crippen LogP contribution is -2.24. The first-order chi connectivity index (χ1) is 8.63. The minimum Gasteiger partial charge on any atom is -0.468 e. The van der Waals surface area contributed by atoms with Crippen molar-refractivity contribution < 1.29 is 12.8 Å². The lowest BCUT2D eigenvalue weighted by molar-refractivity contribution is 0.498. The van der Waals surface area contributed by atoms with Crippen molar-refractivity contribution in [2.24, 2.45) is 0 Å². The molecular weight excluding hydrogens is 254 g/mol. The highest BCUT2D eigenvalue weighted by molar-refractivity contribution is 7.89. The van der Waals surface area contributed by atoms with Crippen LogP contribution in [0.25, 0.3) is 0 Å². The summed E-state index contributed by atoms with van der Waals surface area (Å²) in [4.78, 5) is 3.93. The van der Waals surface area contributed by atoms with Gasteiger partial charge in [-0.05, 0) is 18.2 Å². The standard InChI is InChI=1S/C11H13N3O3S/c1-12-10-4-5-13-8-11(10)18(15,16)14-7-9-3-2-6-17-9/h2-6,8,14H,7H2,1H3,(H,12,13). The van der Waals surface area contributed by atoms with E-state index in [0.29, 0.717) is 11.4 Å². The van der Waals surface area contributed by atoms with Gasteiger partial charge in [-0.15, -0.1) is 0 Å². The number of anilines is 1. The predicted octanol–water partition coefficient (Wildman–Crippen LogP) is 1.19. The summed E-state index contributed by atoms with van der Waals surface area (Å²) >= 11 is 0. The second kappa shape index (κ2) is 5.19. The van der Waals surface area contributed by atoms with Crippen molar-refractivity contribution in [1.29, 1.82) is 0 Å². The van der Waals surface area contributed by atoms with Crippen LogP contribution in [0, 0.1) is 0 Å². The van der Waals surface area contributed by atoms with Crippen molar-refractivity contribution in [3.8, 4) is 0 Å². The Kier molecular flexibility index (Phi) is 3.63. The molecule has 2 aromatic heterocycles. The molecule has 0 bridgehead atoms. The van der Waals surface area contributed by atoms with Crippen molar-refractivity contribution in [1.82, 2.24) is 9.71 Å². The molecule has 0 saturated heterocycles. The number of furan rings is 1. The zero-order chi connectivity index (χ0) is 13.0. The maximum absolute atomic E-state index is 12.1. The summed E-state index contributed by atoms with van der Waals surface area (Å²) in [6.07, 6.45) is 4.32. The molecule has 0 amide bonds. The van der Waals surface area contributed by atoms with Gasteiger partial charge in [-0.1, -0.05) is 0 Å². The third-order valence-corrected chi connectivity index (χ3v) is 3.79. The van der Waals surface area contributed by atoms with Crippen LogP contribution in [0.4, 0.5) is 5.69 Å². The van der Waals surface area contributed by atoms with Gasteiger partial charge in [-0.2, -0.15) is 0 Å². The summed E-state index contributed by atoms with van der Waals surface area (Å²) in [6, 6.07) is 5.00. The van der Waals surface area contributed by atoms with Gasteiger partial charge in [0.25, 0.3) is 0 Å². The average molecular weight is 267 g/mol. The molecule has 2 aromatic rings. The number of aromatic nitrogens is 1. The third kappa shape index (κ3) is 2.69. The molecule has 0 spiro atoms. The molecule has 6 nitrogen and oxygen atoms in total. The highest BCUT2D eigenvalue weighted by Gasteiger charge is 2.18. The Balaban J connectivity index is 2.20. The molecule has 0 aliphatic heterocycles. The van der Waals surface area contributed by atoms with Gasteiger partial charge >= 0.3 is 0 Å². The quantitative estimate of drug-likeness (QED) is 0.850. The molecule has 0 saturated carbocycles. The lowest BCUT2D eigenvalue weighted by atomic mass is 10.4. The Morgan fingerprint density at radius 2 is 2.22 bits per heavy atom. The molecule has 2 rings (SSSR count). The lowest BCUT2D eigenvalue weighted by Gasteiger charge is -2.09. The van der Waals surface area contributed by atoms with E-state index in [-0.39, 0.29) is 11.4 Å². The molecule has 18 heavy (non-hydrogen) atoms. The van der Waals surface area contributed by atoms with E-state index in [1.807, 2.05) is 0 Å². The Morgan fingerprint density at radius 3 is 2.89 bits per heavy atom. The first-order valence-electron chi connectivity index (χ1n) is 5.27.